The number of aryl methyl sites for hydroxylation is 1. The maximum Gasteiger partial charge on any atom is 0.222 e. The molecule has 1 amide bonds. The van der Waals surface area contributed by atoms with E-state index in [1.54, 1.807) is 0 Å². The lowest BCUT2D eigenvalue weighted by Crippen LogP contribution is -2.35. The van der Waals surface area contributed by atoms with Gasteiger partial charge in [-0.3, -0.25) is 4.79 Å². The fourth-order valence-corrected chi connectivity index (χ4v) is 3.81. The van der Waals surface area contributed by atoms with Crippen molar-refractivity contribution in [2.24, 2.45) is 0 Å². The Hall–Kier alpha value is -3.15. The van der Waals surface area contributed by atoms with Gasteiger partial charge in [0.25, 0.3) is 0 Å². The average Bonchev–Trinajstić information content (AvgIpc) is 3.27. The summed E-state index contributed by atoms with van der Waals surface area (Å²) in [5.41, 5.74) is 5.42. The van der Waals surface area contributed by atoms with Crippen LogP contribution in [0.4, 0.5) is 0 Å². The summed E-state index contributed by atoms with van der Waals surface area (Å²) < 4.78 is 1.82. The number of benzene rings is 2. The molecule has 0 saturated carbocycles. The number of amides is 1. The van der Waals surface area contributed by atoms with Crippen LogP contribution in [-0.2, 0) is 11.2 Å². The minimum Gasteiger partial charge on any atom is -0.361 e. The van der Waals surface area contributed by atoms with Crippen molar-refractivity contribution in [3.05, 3.63) is 59.8 Å². The molecule has 4 rings (SSSR count). The Morgan fingerprint density at radius 1 is 1.18 bits per heavy atom. The summed E-state index contributed by atoms with van der Waals surface area (Å²) in [6.45, 7) is 6.14. The van der Waals surface area contributed by atoms with Crippen molar-refractivity contribution < 1.29 is 4.79 Å². The van der Waals surface area contributed by atoms with Crippen LogP contribution in [0.25, 0.3) is 21.9 Å². The van der Waals surface area contributed by atoms with E-state index in [4.69, 9.17) is 0 Å². The molecule has 28 heavy (non-hydrogen) atoms. The third kappa shape index (κ3) is 3.50. The predicted molar refractivity (Wildman–Crippen MR) is 111 cm³/mol. The normalized spacial score (nSPS) is 13.7. The topological polar surface area (TPSA) is 75.6 Å². The predicted octanol–water partition coefficient (Wildman–Crippen LogP) is 3.92. The van der Waals surface area contributed by atoms with Crippen molar-refractivity contribution >= 4 is 27.8 Å². The van der Waals surface area contributed by atoms with Gasteiger partial charge in [0.15, 0.2) is 0 Å². The van der Waals surface area contributed by atoms with E-state index in [-0.39, 0.29) is 18.0 Å². The van der Waals surface area contributed by atoms with Crippen LogP contribution in [0.15, 0.2) is 48.7 Å². The van der Waals surface area contributed by atoms with E-state index < -0.39 is 0 Å². The summed E-state index contributed by atoms with van der Waals surface area (Å²) in [4.78, 5) is 15.9. The second-order valence-corrected chi connectivity index (χ2v) is 7.56. The smallest absolute Gasteiger partial charge is 0.222 e. The minimum atomic E-state index is -0.0599. The van der Waals surface area contributed by atoms with Crippen LogP contribution in [0.1, 0.15) is 37.4 Å². The highest BCUT2D eigenvalue weighted by Crippen LogP contribution is 2.22. The molecule has 0 fully saturated rings. The van der Waals surface area contributed by atoms with Gasteiger partial charge in [0.1, 0.15) is 5.52 Å². The highest BCUT2D eigenvalue weighted by molar-refractivity contribution is 5.86. The first-order chi connectivity index (χ1) is 13.5. The Bertz CT molecular complexity index is 1130. The van der Waals surface area contributed by atoms with Crippen molar-refractivity contribution in [2.75, 3.05) is 0 Å². The van der Waals surface area contributed by atoms with Gasteiger partial charge < -0.3 is 10.3 Å². The van der Waals surface area contributed by atoms with Crippen molar-refractivity contribution in [3.63, 3.8) is 0 Å². The van der Waals surface area contributed by atoms with Crippen LogP contribution >= 0.6 is 0 Å². The molecule has 2 aromatic carbocycles. The number of hydrogen-bond donors (Lipinski definition) is 2. The Balaban J connectivity index is 1.39. The third-order valence-corrected chi connectivity index (χ3v) is 5.22. The van der Waals surface area contributed by atoms with Crippen molar-refractivity contribution in [3.8, 4) is 0 Å². The van der Waals surface area contributed by atoms with Crippen LogP contribution < -0.4 is 5.32 Å². The van der Waals surface area contributed by atoms with Crippen LogP contribution in [0.3, 0.4) is 0 Å². The molecular weight excluding hydrogens is 350 g/mol. The van der Waals surface area contributed by atoms with Gasteiger partial charge in [0.2, 0.25) is 5.91 Å². The first-order valence-corrected chi connectivity index (χ1v) is 9.68. The third-order valence-electron chi connectivity index (χ3n) is 5.22. The van der Waals surface area contributed by atoms with Crippen molar-refractivity contribution in [2.45, 2.75) is 45.7 Å². The molecule has 0 aliphatic carbocycles. The van der Waals surface area contributed by atoms with E-state index in [0.717, 1.165) is 17.5 Å². The van der Waals surface area contributed by atoms with Crippen molar-refractivity contribution in [1.82, 2.24) is 25.3 Å². The second-order valence-electron chi connectivity index (χ2n) is 7.56. The molecule has 0 aliphatic heterocycles. The van der Waals surface area contributed by atoms with Gasteiger partial charge in [-0.25, -0.2) is 4.68 Å². The van der Waals surface area contributed by atoms with Gasteiger partial charge in [-0.1, -0.05) is 35.5 Å². The lowest BCUT2D eigenvalue weighted by Gasteiger charge is -2.16. The number of nitrogens with zero attached hydrogens (tertiary/aromatic N) is 3. The molecule has 4 aromatic rings. The van der Waals surface area contributed by atoms with Crippen LogP contribution in [0.2, 0.25) is 0 Å². The maximum absolute atomic E-state index is 12.6. The first kappa shape index (κ1) is 18.2. The lowest BCUT2D eigenvalue weighted by molar-refractivity contribution is -0.122. The number of para-hydroxylation sites is 2. The van der Waals surface area contributed by atoms with E-state index in [1.807, 2.05) is 49.0 Å². The van der Waals surface area contributed by atoms with Gasteiger partial charge in [0, 0.05) is 29.6 Å². The summed E-state index contributed by atoms with van der Waals surface area (Å²) in [7, 11) is 0. The highest BCUT2D eigenvalue weighted by atomic mass is 16.1. The summed E-state index contributed by atoms with van der Waals surface area (Å²) in [5.74, 6) is 0.0237. The maximum atomic E-state index is 12.6. The molecule has 2 heterocycles. The van der Waals surface area contributed by atoms with Gasteiger partial charge in [-0.15, -0.1) is 5.10 Å². The zero-order valence-corrected chi connectivity index (χ0v) is 16.4. The van der Waals surface area contributed by atoms with Crippen LogP contribution in [0.5, 0.6) is 0 Å². The number of carbonyl (C=O) groups excluding carboxylic acids is 1. The molecule has 0 radical (unpaired) electrons. The molecule has 144 valence electrons. The largest absolute Gasteiger partial charge is 0.361 e. The van der Waals surface area contributed by atoms with E-state index in [2.05, 4.69) is 45.7 Å². The highest BCUT2D eigenvalue weighted by Gasteiger charge is 2.17. The Kier molecular flexibility index (Phi) is 4.86. The first-order valence-electron chi connectivity index (χ1n) is 9.68. The average molecular weight is 375 g/mol. The van der Waals surface area contributed by atoms with Crippen LogP contribution in [0, 0.1) is 6.92 Å². The second kappa shape index (κ2) is 7.46. The quantitative estimate of drug-likeness (QED) is 0.536. The fourth-order valence-electron chi connectivity index (χ4n) is 3.81. The molecule has 2 atom stereocenters. The number of hydrogen-bond acceptors (Lipinski definition) is 3. The summed E-state index contributed by atoms with van der Waals surface area (Å²) >= 11 is 0. The van der Waals surface area contributed by atoms with E-state index in [0.29, 0.717) is 6.42 Å². The Morgan fingerprint density at radius 3 is 2.86 bits per heavy atom. The molecule has 0 bridgehead atoms. The Morgan fingerprint density at radius 2 is 2.00 bits per heavy atom. The number of carbonyl (C=O) groups is 1. The summed E-state index contributed by atoms with van der Waals surface area (Å²) in [6.07, 6.45) is 3.20. The molecular formula is C22H25N5O. The fraction of sp³-hybridized carbons (Fsp3) is 0.318. The number of fused-ring (bicyclic) bond motifs is 2. The van der Waals surface area contributed by atoms with Crippen LogP contribution in [-0.4, -0.2) is 31.9 Å². The molecule has 0 saturated heterocycles. The zero-order valence-electron chi connectivity index (χ0n) is 16.4. The van der Waals surface area contributed by atoms with Gasteiger partial charge in [0.05, 0.1) is 11.6 Å². The van der Waals surface area contributed by atoms with E-state index >= 15 is 0 Å². The SMILES string of the molecule is Cc1cccc2c(C[C@@H](C)NC(=O)C[C@@H](C)n3nnc4ccccc43)c[nH]c12. The molecule has 0 aliphatic rings. The summed E-state index contributed by atoms with van der Waals surface area (Å²) in [6, 6.07) is 14.1. The number of aromatic nitrogens is 4. The Labute approximate surface area is 163 Å². The van der Waals surface area contributed by atoms with E-state index in [9.17, 15) is 4.79 Å². The summed E-state index contributed by atoms with van der Waals surface area (Å²) in [5, 5.41) is 12.7. The van der Waals surface area contributed by atoms with Crippen molar-refractivity contribution in [1.29, 1.82) is 0 Å². The molecule has 0 unspecified atom stereocenters. The molecule has 6 heteroatoms. The monoisotopic (exact) mass is 375 g/mol. The number of H-pyrrole nitrogens is 1. The molecule has 2 aromatic heterocycles. The van der Waals surface area contributed by atoms with E-state index in [1.165, 1.54) is 22.0 Å². The molecule has 0 spiro atoms. The number of rotatable bonds is 6. The number of aromatic amines is 1. The van der Waals surface area contributed by atoms with Gasteiger partial charge in [-0.05, 0) is 50.5 Å². The minimum absolute atomic E-state index is 0.0237. The van der Waals surface area contributed by atoms with Gasteiger partial charge >= 0.3 is 0 Å². The number of nitrogens with one attached hydrogen (secondary N) is 2. The van der Waals surface area contributed by atoms with Gasteiger partial charge in [-0.2, -0.15) is 0 Å². The lowest BCUT2D eigenvalue weighted by atomic mass is 10.0. The molecule has 2 N–H and O–H groups in total. The standard InChI is InChI=1S/C22H25N5O/c1-14-7-6-8-18-17(13-23-22(14)18)11-15(2)24-21(28)12-16(3)27-20-10-5-4-9-19(20)25-26-27/h4-10,13,15-16,23H,11-12H2,1-3H3,(H,24,28)/t15-,16-/m1/s1. The zero-order chi connectivity index (χ0) is 19.7. The molecule has 6 nitrogen and oxygen atoms in total.